The van der Waals surface area contributed by atoms with Crippen LogP contribution in [0.1, 0.15) is 30.8 Å². The molecule has 0 aliphatic heterocycles. The molecule has 21 heavy (non-hydrogen) atoms. The number of aromatic nitrogens is 3. The molecule has 2 rings (SSSR count). The van der Waals surface area contributed by atoms with Crippen molar-refractivity contribution in [2.45, 2.75) is 32.4 Å². The van der Waals surface area contributed by atoms with Gasteiger partial charge in [-0.25, -0.2) is 4.98 Å². The molecule has 1 atom stereocenters. The lowest BCUT2D eigenvalue weighted by atomic mass is 10.1. The normalized spacial score (nSPS) is 12.8. The number of nitrogens with zero attached hydrogens (tertiary/aromatic N) is 4. The van der Waals surface area contributed by atoms with Crippen LogP contribution in [-0.2, 0) is 13.0 Å². The number of imidazole rings is 1. The van der Waals surface area contributed by atoms with Crippen molar-refractivity contribution in [1.82, 2.24) is 19.4 Å². The van der Waals surface area contributed by atoms with Crippen LogP contribution in [0, 0.1) is 0 Å². The predicted octanol–water partition coefficient (Wildman–Crippen LogP) is 1.86. The van der Waals surface area contributed by atoms with Gasteiger partial charge in [0.2, 0.25) is 0 Å². The summed E-state index contributed by atoms with van der Waals surface area (Å²) in [7, 11) is 2.11. The van der Waals surface area contributed by atoms with Crippen LogP contribution in [0.3, 0.4) is 0 Å². The first-order valence-electron chi connectivity index (χ1n) is 7.56. The largest absolute Gasteiger partial charge is 0.333 e. The average molecular weight is 287 g/mol. The number of aryl methyl sites for hydroxylation is 1. The molecule has 1 unspecified atom stereocenters. The highest BCUT2D eigenvalue weighted by Gasteiger charge is 2.19. The molecule has 2 aromatic heterocycles. The van der Waals surface area contributed by atoms with E-state index in [9.17, 15) is 0 Å². The first kappa shape index (κ1) is 15.7. The molecule has 5 nitrogen and oxygen atoms in total. The maximum absolute atomic E-state index is 6.00. The summed E-state index contributed by atoms with van der Waals surface area (Å²) in [5.41, 5.74) is 8.31. The van der Waals surface area contributed by atoms with E-state index in [1.165, 1.54) is 5.69 Å². The third kappa shape index (κ3) is 4.12. The van der Waals surface area contributed by atoms with Crippen molar-refractivity contribution >= 4 is 0 Å². The van der Waals surface area contributed by atoms with E-state index >= 15 is 0 Å². The number of hydrogen-bond acceptors (Lipinski definition) is 4. The van der Waals surface area contributed by atoms with Crippen LogP contribution in [0.5, 0.6) is 0 Å². The first-order chi connectivity index (χ1) is 10.3. The van der Waals surface area contributed by atoms with Crippen LogP contribution in [0.25, 0.3) is 0 Å². The second kappa shape index (κ2) is 7.90. The van der Waals surface area contributed by atoms with Crippen LogP contribution in [0.4, 0.5) is 0 Å². The molecule has 2 aromatic rings. The summed E-state index contributed by atoms with van der Waals surface area (Å²) in [5.74, 6) is 0. The lowest BCUT2D eigenvalue weighted by Crippen LogP contribution is -2.33. The Kier molecular flexibility index (Phi) is 5.90. The van der Waals surface area contributed by atoms with Crippen LogP contribution < -0.4 is 5.73 Å². The molecule has 0 amide bonds. The molecule has 2 heterocycles. The minimum absolute atomic E-state index is 0.197. The summed E-state index contributed by atoms with van der Waals surface area (Å²) in [4.78, 5) is 10.9. The molecular formula is C16H25N5. The quantitative estimate of drug-likeness (QED) is 0.805. The van der Waals surface area contributed by atoms with Gasteiger partial charge >= 0.3 is 0 Å². The van der Waals surface area contributed by atoms with E-state index in [0.717, 1.165) is 31.6 Å². The van der Waals surface area contributed by atoms with Gasteiger partial charge in [0, 0.05) is 44.1 Å². The summed E-state index contributed by atoms with van der Waals surface area (Å²) < 4.78 is 2.20. The number of likely N-dealkylation sites (N-methyl/N-ethyl adjacent to an activating group) is 1. The van der Waals surface area contributed by atoms with Crippen molar-refractivity contribution in [2.75, 3.05) is 20.1 Å². The highest BCUT2D eigenvalue weighted by atomic mass is 15.2. The van der Waals surface area contributed by atoms with Gasteiger partial charge in [-0.2, -0.15) is 0 Å². The summed E-state index contributed by atoms with van der Waals surface area (Å²) in [6, 6.07) is 6.23. The monoisotopic (exact) mass is 287 g/mol. The van der Waals surface area contributed by atoms with E-state index in [1.54, 1.807) is 0 Å². The van der Waals surface area contributed by atoms with Gasteiger partial charge in [0.25, 0.3) is 0 Å². The predicted molar refractivity (Wildman–Crippen MR) is 84.9 cm³/mol. The molecule has 5 heteroatoms. The van der Waals surface area contributed by atoms with Crippen molar-refractivity contribution in [1.29, 1.82) is 0 Å². The van der Waals surface area contributed by atoms with Gasteiger partial charge in [0.05, 0.1) is 18.1 Å². The molecule has 0 aliphatic rings. The fourth-order valence-electron chi connectivity index (χ4n) is 2.56. The first-order valence-corrected chi connectivity index (χ1v) is 7.56. The molecule has 0 spiro atoms. The van der Waals surface area contributed by atoms with E-state index in [0.29, 0.717) is 6.54 Å². The number of hydrogen-bond donors (Lipinski definition) is 1. The molecule has 2 N–H and O–H groups in total. The maximum atomic E-state index is 6.00. The van der Waals surface area contributed by atoms with Crippen molar-refractivity contribution in [2.24, 2.45) is 5.73 Å². The molecule has 0 aromatic carbocycles. The lowest BCUT2D eigenvalue weighted by molar-refractivity contribution is 0.242. The molecular weight excluding hydrogens is 262 g/mol. The number of pyridine rings is 1. The van der Waals surface area contributed by atoms with E-state index in [1.807, 2.05) is 30.9 Å². The second-order valence-corrected chi connectivity index (χ2v) is 5.32. The van der Waals surface area contributed by atoms with Gasteiger partial charge in [-0.15, -0.1) is 0 Å². The standard InChI is InChI=1S/C16H25N5/c1-3-9-21-13-18-12-16(21)15(11-17)20(2)10-7-14-6-4-5-8-19-14/h4-6,8,12-13,15H,3,7,9-11,17H2,1-2H3. The molecule has 0 fully saturated rings. The topological polar surface area (TPSA) is 60.0 Å². The summed E-state index contributed by atoms with van der Waals surface area (Å²) >= 11 is 0. The Morgan fingerprint density at radius 2 is 2.24 bits per heavy atom. The fourth-order valence-corrected chi connectivity index (χ4v) is 2.56. The van der Waals surface area contributed by atoms with Crippen LogP contribution in [0.15, 0.2) is 36.9 Å². The zero-order valence-electron chi connectivity index (χ0n) is 12.9. The highest BCUT2D eigenvalue weighted by Crippen LogP contribution is 2.18. The van der Waals surface area contributed by atoms with Crippen LogP contribution >= 0.6 is 0 Å². The molecule has 114 valence electrons. The fraction of sp³-hybridized carbons (Fsp3) is 0.500. The highest BCUT2D eigenvalue weighted by molar-refractivity contribution is 5.08. The maximum Gasteiger partial charge on any atom is 0.0948 e. The van der Waals surface area contributed by atoms with Crippen molar-refractivity contribution < 1.29 is 0 Å². The average Bonchev–Trinajstić information content (AvgIpc) is 2.96. The SMILES string of the molecule is CCCn1cncc1C(CN)N(C)CCc1ccccn1. The van der Waals surface area contributed by atoms with Gasteiger partial charge < -0.3 is 10.3 Å². The molecule has 0 bridgehead atoms. The zero-order chi connectivity index (χ0) is 15.1. The van der Waals surface area contributed by atoms with Gasteiger partial charge in [-0.3, -0.25) is 9.88 Å². The van der Waals surface area contributed by atoms with Gasteiger partial charge in [0.15, 0.2) is 0 Å². The Morgan fingerprint density at radius 1 is 1.38 bits per heavy atom. The number of rotatable bonds is 8. The third-order valence-electron chi connectivity index (χ3n) is 3.75. The van der Waals surface area contributed by atoms with Crippen LogP contribution in [0.2, 0.25) is 0 Å². The van der Waals surface area contributed by atoms with E-state index in [4.69, 9.17) is 5.73 Å². The number of nitrogens with two attached hydrogens (primary N) is 1. The molecule has 0 saturated carbocycles. The van der Waals surface area contributed by atoms with Gasteiger partial charge in [0.1, 0.15) is 0 Å². The summed E-state index contributed by atoms with van der Waals surface area (Å²) in [6.45, 7) is 4.68. The smallest absolute Gasteiger partial charge is 0.0948 e. The van der Waals surface area contributed by atoms with Crippen molar-refractivity contribution in [3.8, 4) is 0 Å². The van der Waals surface area contributed by atoms with Gasteiger partial charge in [-0.05, 0) is 25.6 Å². The van der Waals surface area contributed by atoms with Crippen LogP contribution in [-0.4, -0.2) is 39.6 Å². The third-order valence-corrected chi connectivity index (χ3v) is 3.75. The Hall–Kier alpha value is -1.72. The molecule has 0 saturated heterocycles. The lowest BCUT2D eigenvalue weighted by Gasteiger charge is -2.27. The van der Waals surface area contributed by atoms with E-state index < -0.39 is 0 Å². The van der Waals surface area contributed by atoms with Crippen molar-refractivity contribution in [3.05, 3.63) is 48.3 Å². The minimum Gasteiger partial charge on any atom is -0.333 e. The molecule has 0 aliphatic carbocycles. The Labute approximate surface area is 126 Å². The summed E-state index contributed by atoms with van der Waals surface area (Å²) in [5, 5.41) is 0. The Balaban J connectivity index is 2.01. The Bertz CT molecular complexity index is 522. The summed E-state index contributed by atoms with van der Waals surface area (Å²) in [6.07, 6.45) is 7.69. The molecule has 0 radical (unpaired) electrons. The van der Waals surface area contributed by atoms with Crippen molar-refractivity contribution in [3.63, 3.8) is 0 Å². The van der Waals surface area contributed by atoms with E-state index in [2.05, 4.69) is 39.5 Å². The van der Waals surface area contributed by atoms with E-state index in [-0.39, 0.29) is 6.04 Å². The second-order valence-electron chi connectivity index (χ2n) is 5.32. The minimum atomic E-state index is 0.197. The zero-order valence-corrected chi connectivity index (χ0v) is 12.9. The Morgan fingerprint density at radius 3 is 2.90 bits per heavy atom. The van der Waals surface area contributed by atoms with Gasteiger partial charge in [-0.1, -0.05) is 13.0 Å².